The van der Waals surface area contributed by atoms with E-state index in [1.54, 1.807) is 0 Å². The van der Waals surface area contributed by atoms with Gasteiger partial charge in [-0.25, -0.2) is 0 Å². The highest BCUT2D eigenvalue weighted by Crippen LogP contribution is 2.37. The zero-order valence-electron chi connectivity index (χ0n) is 15.4. The summed E-state index contributed by atoms with van der Waals surface area (Å²) in [6.45, 7) is 4.31. The lowest BCUT2D eigenvalue weighted by Gasteiger charge is -2.50. The first-order chi connectivity index (χ1) is 12.6. The van der Waals surface area contributed by atoms with E-state index in [4.69, 9.17) is 5.73 Å². The summed E-state index contributed by atoms with van der Waals surface area (Å²) in [6.07, 6.45) is 3.98. The lowest BCUT2D eigenvalue weighted by atomic mass is 9.74. The van der Waals surface area contributed by atoms with Gasteiger partial charge >= 0.3 is 0 Å². The summed E-state index contributed by atoms with van der Waals surface area (Å²) in [4.78, 5) is 14.4. The van der Waals surface area contributed by atoms with Crippen LogP contribution in [0.4, 0.5) is 11.8 Å². The Bertz CT molecular complexity index is 890. The Morgan fingerprint density at radius 1 is 1.23 bits per heavy atom. The first kappa shape index (κ1) is 16.8. The van der Waals surface area contributed by atoms with Crippen molar-refractivity contribution >= 4 is 22.8 Å². The molecule has 0 radical (unpaired) electrons. The van der Waals surface area contributed by atoms with E-state index in [0.717, 1.165) is 42.8 Å². The number of rotatable bonds is 4. The maximum atomic E-state index is 6.00. The smallest absolute Gasteiger partial charge is 0.223 e. The van der Waals surface area contributed by atoms with E-state index in [2.05, 4.69) is 69.5 Å². The van der Waals surface area contributed by atoms with Crippen LogP contribution in [0, 0.1) is 5.92 Å². The number of likely N-dealkylation sites (N-methyl/N-ethyl adjacent to an activating group) is 1. The van der Waals surface area contributed by atoms with Gasteiger partial charge in [0.05, 0.1) is 10.9 Å². The molecule has 1 saturated heterocycles. The predicted octanol–water partition coefficient (Wildman–Crippen LogP) is 2.59. The van der Waals surface area contributed by atoms with Crippen LogP contribution < -0.4 is 16.0 Å². The van der Waals surface area contributed by atoms with Crippen molar-refractivity contribution in [3.05, 3.63) is 48.2 Å². The predicted molar refractivity (Wildman–Crippen MR) is 106 cm³/mol. The molecule has 4 rings (SSSR count). The highest BCUT2D eigenvalue weighted by Gasteiger charge is 2.43. The van der Waals surface area contributed by atoms with Crippen LogP contribution in [-0.4, -0.2) is 40.6 Å². The van der Waals surface area contributed by atoms with Gasteiger partial charge in [-0.1, -0.05) is 37.3 Å². The van der Waals surface area contributed by atoms with E-state index in [1.807, 2.05) is 12.3 Å². The maximum Gasteiger partial charge on any atom is 0.223 e. The average Bonchev–Trinajstić information content (AvgIpc) is 3.11. The minimum Gasteiger partial charge on any atom is -0.368 e. The maximum absolute atomic E-state index is 6.00. The van der Waals surface area contributed by atoms with Gasteiger partial charge in [-0.2, -0.15) is 9.97 Å². The highest BCUT2D eigenvalue weighted by molar-refractivity contribution is 5.88. The summed E-state index contributed by atoms with van der Waals surface area (Å²) < 4.78 is 0. The number of aromatic nitrogens is 3. The Kier molecular flexibility index (Phi) is 4.28. The summed E-state index contributed by atoms with van der Waals surface area (Å²) >= 11 is 0. The van der Waals surface area contributed by atoms with Crippen molar-refractivity contribution in [2.45, 2.75) is 25.3 Å². The second-order valence-electron chi connectivity index (χ2n) is 7.34. The van der Waals surface area contributed by atoms with Gasteiger partial charge in [0, 0.05) is 19.8 Å². The first-order valence-electron chi connectivity index (χ1n) is 9.19. The Labute approximate surface area is 153 Å². The van der Waals surface area contributed by atoms with Crippen molar-refractivity contribution in [1.29, 1.82) is 0 Å². The second kappa shape index (κ2) is 6.61. The van der Waals surface area contributed by atoms with Gasteiger partial charge in [0.25, 0.3) is 0 Å². The molecule has 0 spiro atoms. The minimum atomic E-state index is -0.0788. The molecule has 26 heavy (non-hydrogen) atoms. The molecule has 6 heteroatoms. The fourth-order valence-electron chi connectivity index (χ4n) is 4.23. The van der Waals surface area contributed by atoms with Crippen LogP contribution in [0.5, 0.6) is 0 Å². The van der Waals surface area contributed by atoms with E-state index in [0.29, 0.717) is 11.9 Å². The molecule has 1 aliphatic rings. The molecule has 2 aromatic heterocycles. The molecule has 1 aromatic carbocycles. The number of nitrogens with one attached hydrogen (secondary N) is 2. The fourth-order valence-corrected chi connectivity index (χ4v) is 4.23. The van der Waals surface area contributed by atoms with Crippen LogP contribution in [-0.2, 0) is 6.42 Å². The van der Waals surface area contributed by atoms with Crippen molar-refractivity contribution < 1.29 is 0 Å². The van der Waals surface area contributed by atoms with Gasteiger partial charge in [0.15, 0.2) is 0 Å². The van der Waals surface area contributed by atoms with Crippen LogP contribution in [0.2, 0.25) is 0 Å². The quantitative estimate of drug-likeness (QED) is 0.674. The van der Waals surface area contributed by atoms with Crippen LogP contribution in [0.1, 0.15) is 18.9 Å². The van der Waals surface area contributed by atoms with Gasteiger partial charge in [-0.15, -0.1) is 0 Å². The van der Waals surface area contributed by atoms with Crippen molar-refractivity contribution in [3.8, 4) is 0 Å². The second-order valence-corrected chi connectivity index (χ2v) is 7.34. The van der Waals surface area contributed by atoms with E-state index < -0.39 is 0 Å². The third kappa shape index (κ3) is 2.80. The summed E-state index contributed by atoms with van der Waals surface area (Å²) in [5, 5.41) is 4.62. The number of benzene rings is 1. The summed E-state index contributed by atoms with van der Waals surface area (Å²) in [5.41, 5.74) is 8.04. The Morgan fingerprint density at radius 2 is 2.04 bits per heavy atom. The number of aromatic amines is 1. The third-order valence-electron chi connectivity index (χ3n) is 5.85. The Balaban J connectivity index is 1.81. The molecule has 4 N–H and O–H groups in total. The van der Waals surface area contributed by atoms with Gasteiger partial charge in [0.2, 0.25) is 5.95 Å². The first-order valence-corrected chi connectivity index (χ1v) is 9.19. The van der Waals surface area contributed by atoms with Crippen molar-refractivity contribution in [1.82, 2.24) is 20.3 Å². The molecule has 0 bridgehead atoms. The normalized spacial score (nSPS) is 23.2. The molecule has 1 aliphatic heterocycles. The van der Waals surface area contributed by atoms with Crippen molar-refractivity contribution in [2.24, 2.45) is 5.92 Å². The van der Waals surface area contributed by atoms with Gasteiger partial charge in [-0.3, -0.25) is 0 Å². The number of nitrogens with zero attached hydrogens (tertiary/aromatic N) is 3. The van der Waals surface area contributed by atoms with E-state index in [-0.39, 0.29) is 5.54 Å². The Hall–Kier alpha value is -2.60. The molecule has 6 nitrogen and oxygen atoms in total. The number of piperidine rings is 1. The largest absolute Gasteiger partial charge is 0.368 e. The molecule has 3 aromatic rings. The van der Waals surface area contributed by atoms with E-state index >= 15 is 0 Å². The number of nitrogens with two attached hydrogens (primary N) is 1. The van der Waals surface area contributed by atoms with E-state index in [1.165, 1.54) is 5.56 Å². The molecule has 2 atom stereocenters. The van der Waals surface area contributed by atoms with Crippen LogP contribution in [0.25, 0.3) is 11.0 Å². The SMILES string of the molecule is C[C@@H]1CCNC[C@]1(Cc1ccccc1)N(C)c1nc(N)nc2[nH]ccc12. The highest BCUT2D eigenvalue weighted by atomic mass is 15.3. The summed E-state index contributed by atoms with van der Waals surface area (Å²) in [6, 6.07) is 12.7. The molecule has 0 aliphatic carbocycles. The number of hydrogen-bond donors (Lipinski definition) is 3. The van der Waals surface area contributed by atoms with Crippen LogP contribution >= 0.6 is 0 Å². The summed E-state index contributed by atoms with van der Waals surface area (Å²) in [7, 11) is 2.14. The molecular formula is C20H26N6. The van der Waals surface area contributed by atoms with Gasteiger partial charge in [-0.05, 0) is 36.9 Å². The lowest BCUT2D eigenvalue weighted by Crippen LogP contribution is -2.62. The molecule has 0 amide bonds. The Morgan fingerprint density at radius 3 is 2.81 bits per heavy atom. The number of H-pyrrole nitrogens is 1. The number of fused-ring (bicyclic) bond motifs is 1. The van der Waals surface area contributed by atoms with Crippen molar-refractivity contribution in [2.75, 3.05) is 30.8 Å². The zero-order valence-corrected chi connectivity index (χ0v) is 15.4. The molecule has 136 valence electrons. The molecule has 0 saturated carbocycles. The van der Waals surface area contributed by atoms with Crippen LogP contribution in [0.15, 0.2) is 42.6 Å². The number of nitrogen functional groups attached to an aromatic ring is 1. The average molecular weight is 350 g/mol. The summed E-state index contributed by atoms with van der Waals surface area (Å²) in [5.74, 6) is 1.70. The number of hydrogen-bond acceptors (Lipinski definition) is 5. The molecule has 3 heterocycles. The van der Waals surface area contributed by atoms with Gasteiger partial charge < -0.3 is 20.9 Å². The zero-order chi connectivity index (χ0) is 18.1. The lowest BCUT2D eigenvalue weighted by molar-refractivity contribution is 0.211. The third-order valence-corrected chi connectivity index (χ3v) is 5.85. The minimum absolute atomic E-state index is 0.0788. The van der Waals surface area contributed by atoms with Crippen molar-refractivity contribution in [3.63, 3.8) is 0 Å². The number of anilines is 2. The van der Waals surface area contributed by atoms with E-state index in [9.17, 15) is 0 Å². The molecular weight excluding hydrogens is 324 g/mol. The van der Waals surface area contributed by atoms with Crippen LogP contribution in [0.3, 0.4) is 0 Å². The fraction of sp³-hybridized carbons (Fsp3) is 0.400. The molecule has 1 fully saturated rings. The monoisotopic (exact) mass is 350 g/mol. The standard InChI is InChI=1S/C20H26N6/c1-14-8-10-22-13-20(14,12-15-6-4-3-5-7-15)26(2)18-16-9-11-23-17(16)24-19(21)25-18/h3-7,9,11,14,22H,8,10,12-13H2,1-2H3,(H3,21,23,24,25)/t14-,20+/m1/s1. The molecule has 0 unspecified atom stereocenters. The topological polar surface area (TPSA) is 82.9 Å². The van der Waals surface area contributed by atoms with Gasteiger partial charge in [0.1, 0.15) is 11.5 Å².